The van der Waals surface area contributed by atoms with Crippen LogP contribution in [0.2, 0.25) is 0 Å². The lowest BCUT2D eigenvalue weighted by Crippen LogP contribution is -1.88. The molecule has 5 heteroatoms. The number of nitrogens with zero attached hydrogens (tertiary/aromatic N) is 1. The monoisotopic (exact) mass is 159 g/mol. The minimum absolute atomic E-state index is 0.222. The van der Waals surface area contributed by atoms with Gasteiger partial charge < -0.3 is 10.2 Å². The van der Waals surface area contributed by atoms with Gasteiger partial charge >= 0.3 is 11.9 Å². The fourth-order valence-electron chi connectivity index (χ4n) is 0.0676. The molecule has 0 bridgehead atoms. The third kappa shape index (κ3) is 29.6. The van der Waals surface area contributed by atoms with Crippen LogP contribution in [0.15, 0.2) is 0 Å². The van der Waals surface area contributed by atoms with Gasteiger partial charge in [-0.05, 0) is 0 Å². The van der Waals surface area contributed by atoms with Crippen LogP contribution in [0.4, 0.5) is 0 Å². The summed E-state index contributed by atoms with van der Waals surface area (Å²) in [6.45, 7) is 1.60. The molecule has 0 heterocycles. The Labute approximate surface area is 63.9 Å². The first-order valence-electron chi connectivity index (χ1n) is 2.85. The second-order valence-corrected chi connectivity index (χ2v) is 1.48. The third-order valence-corrected chi connectivity index (χ3v) is 0.533. The molecular formula is C6H9NO4. The molecule has 0 aromatic carbocycles. The van der Waals surface area contributed by atoms with Gasteiger partial charge in [-0.3, -0.25) is 9.59 Å². The van der Waals surface area contributed by atoms with Gasteiger partial charge in [0.25, 0.3) is 0 Å². The molecule has 0 amide bonds. The maximum atomic E-state index is 9.38. The maximum Gasteiger partial charge on any atom is 0.317 e. The zero-order chi connectivity index (χ0) is 9.28. The normalized spacial score (nSPS) is 6.91. The summed E-state index contributed by atoms with van der Waals surface area (Å²) < 4.78 is 0. The van der Waals surface area contributed by atoms with E-state index in [0.717, 1.165) is 0 Å². The summed E-state index contributed by atoms with van der Waals surface area (Å²) in [5, 5.41) is 23.0. The Hall–Kier alpha value is -1.57. The average molecular weight is 159 g/mol. The molecule has 2 N–H and O–H groups in total. The van der Waals surface area contributed by atoms with E-state index in [1.807, 2.05) is 0 Å². The zero-order valence-electron chi connectivity index (χ0n) is 6.07. The van der Waals surface area contributed by atoms with Crippen LogP contribution in [0, 0.1) is 11.3 Å². The Balaban J connectivity index is 0. The maximum absolute atomic E-state index is 9.38. The summed E-state index contributed by atoms with van der Waals surface area (Å²) in [7, 11) is 0. The van der Waals surface area contributed by atoms with Crippen molar-refractivity contribution in [1.82, 2.24) is 0 Å². The molecule has 0 aliphatic rings. The molecule has 0 aromatic heterocycles. The Morgan fingerprint density at radius 3 is 1.73 bits per heavy atom. The van der Waals surface area contributed by atoms with Gasteiger partial charge in [-0.2, -0.15) is 5.26 Å². The fourth-order valence-corrected chi connectivity index (χ4v) is 0.0676. The highest BCUT2D eigenvalue weighted by molar-refractivity contribution is 5.69. The SMILES string of the molecule is CCC(=O)O.N#CCC(=O)O. The van der Waals surface area contributed by atoms with Crippen molar-refractivity contribution in [3.63, 3.8) is 0 Å². The molecule has 0 aliphatic heterocycles. The van der Waals surface area contributed by atoms with Crippen LogP contribution >= 0.6 is 0 Å². The van der Waals surface area contributed by atoms with E-state index >= 15 is 0 Å². The van der Waals surface area contributed by atoms with Crippen molar-refractivity contribution in [3.8, 4) is 6.07 Å². The third-order valence-electron chi connectivity index (χ3n) is 0.533. The number of carboxylic acid groups (broad SMARTS) is 2. The van der Waals surface area contributed by atoms with Crippen molar-refractivity contribution in [3.05, 3.63) is 0 Å². The minimum atomic E-state index is -1.07. The molecule has 0 radical (unpaired) electrons. The highest BCUT2D eigenvalue weighted by Crippen LogP contribution is 1.68. The standard InChI is InChI=1S/C3H3NO2.C3H6O2/c4-2-1-3(5)6;1-2-3(4)5/h1H2,(H,5,6);2H2,1H3,(H,4,5). The summed E-state index contributed by atoms with van der Waals surface area (Å²) in [6, 6.07) is 1.47. The Bertz CT molecular complexity index is 170. The first-order chi connectivity index (χ1) is 5.04. The van der Waals surface area contributed by atoms with Crippen LogP contribution in [-0.4, -0.2) is 22.2 Å². The number of carbonyl (C=O) groups is 2. The average Bonchev–Trinajstić information content (AvgIpc) is 1.89. The molecule has 0 rings (SSSR count). The van der Waals surface area contributed by atoms with Crippen LogP contribution in [0.1, 0.15) is 19.8 Å². The van der Waals surface area contributed by atoms with Gasteiger partial charge in [-0.1, -0.05) is 6.92 Å². The summed E-state index contributed by atoms with van der Waals surface area (Å²) in [6.07, 6.45) is -0.181. The highest BCUT2D eigenvalue weighted by Gasteiger charge is 1.87. The first kappa shape index (κ1) is 12.1. The number of hydrogen-bond acceptors (Lipinski definition) is 3. The molecule has 62 valence electrons. The van der Waals surface area contributed by atoms with Crippen molar-refractivity contribution in [2.45, 2.75) is 19.8 Å². The lowest BCUT2D eigenvalue weighted by Gasteiger charge is -1.71. The lowest BCUT2D eigenvalue weighted by molar-refractivity contribution is -0.137. The summed E-state index contributed by atoms with van der Waals surface area (Å²) in [5.74, 6) is -1.82. The first-order valence-corrected chi connectivity index (χ1v) is 2.85. The Morgan fingerprint density at radius 1 is 1.36 bits per heavy atom. The van der Waals surface area contributed by atoms with Crippen LogP contribution in [-0.2, 0) is 9.59 Å². The van der Waals surface area contributed by atoms with E-state index in [1.165, 1.54) is 6.07 Å². The van der Waals surface area contributed by atoms with Gasteiger partial charge in [0.1, 0.15) is 6.42 Å². The van der Waals surface area contributed by atoms with E-state index in [-0.39, 0.29) is 6.42 Å². The smallest absolute Gasteiger partial charge is 0.317 e. The van der Waals surface area contributed by atoms with E-state index in [0.29, 0.717) is 0 Å². The molecule has 0 saturated heterocycles. The number of hydrogen-bond donors (Lipinski definition) is 2. The molecule has 0 atom stereocenters. The van der Waals surface area contributed by atoms with Crippen LogP contribution < -0.4 is 0 Å². The Kier molecular flexibility index (Phi) is 9.30. The minimum Gasteiger partial charge on any atom is -0.481 e. The van der Waals surface area contributed by atoms with Crippen molar-refractivity contribution in [2.75, 3.05) is 0 Å². The van der Waals surface area contributed by atoms with Gasteiger partial charge in [0.15, 0.2) is 0 Å². The van der Waals surface area contributed by atoms with Crippen molar-refractivity contribution in [1.29, 1.82) is 5.26 Å². The fraction of sp³-hybridized carbons (Fsp3) is 0.500. The summed E-state index contributed by atoms with van der Waals surface area (Å²) >= 11 is 0. The largest absolute Gasteiger partial charge is 0.481 e. The van der Waals surface area contributed by atoms with Gasteiger partial charge in [-0.25, -0.2) is 0 Å². The molecule has 0 aliphatic carbocycles. The molecule has 0 spiro atoms. The molecule has 0 fully saturated rings. The number of aliphatic carboxylic acids is 2. The summed E-state index contributed by atoms with van der Waals surface area (Å²) in [4.78, 5) is 18.7. The van der Waals surface area contributed by atoms with Gasteiger partial charge in [-0.15, -0.1) is 0 Å². The van der Waals surface area contributed by atoms with Crippen LogP contribution in [0.25, 0.3) is 0 Å². The predicted molar refractivity (Wildman–Crippen MR) is 35.8 cm³/mol. The number of nitriles is 1. The summed E-state index contributed by atoms with van der Waals surface area (Å²) in [5.41, 5.74) is 0. The molecular weight excluding hydrogens is 150 g/mol. The lowest BCUT2D eigenvalue weighted by atomic mass is 10.5. The molecule has 11 heavy (non-hydrogen) atoms. The van der Waals surface area contributed by atoms with Crippen LogP contribution in [0.3, 0.4) is 0 Å². The van der Waals surface area contributed by atoms with E-state index < -0.39 is 18.4 Å². The van der Waals surface area contributed by atoms with E-state index in [9.17, 15) is 9.59 Å². The Morgan fingerprint density at radius 2 is 1.73 bits per heavy atom. The topological polar surface area (TPSA) is 98.4 Å². The van der Waals surface area contributed by atoms with Crippen molar-refractivity contribution in [2.24, 2.45) is 0 Å². The number of carboxylic acids is 2. The van der Waals surface area contributed by atoms with Crippen molar-refractivity contribution >= 4 is 11.9 Å². The zero-order valence-corrected chi connectivity index (χ0v) is 6.07. The second kappa shape index (κ2) is 8.43. The molecule has 0 saturated carbocycles. The van der Waals surface area contributed by atoms with Crippen LogP contribution in [0.5, 0.6) is 0 Å². The van der Waals surface area contributed by atoms with Crippen molar-refractivity contribution < 1.29 is 19.8 Å². The molecule has 0 unspecified atom stereocenters. The van der Waals surface area contributed by atoms with Gasteiger partial charge in [0.2, 0.25) is 0 Å². The highest BCUT2D eigenvalue weighted by atomic mass is 16.4. The predicted octanol–water partition coefficient (Wildman–Crippen LogP) is 0.466. The van der Waals surface area contributed by atoms with Gasteiger partial charge in [0, 0.05) is 6.42 Å². The van der Waals surface area contributed by atoms with Gasteiger partial charge in [0.05, 0.1) is 6.07 Å². The molecule has 5 nitrogen and oxygen atoms in total. The molecule has 0 aromatic rings. The van der Waals surface area contributed by atoms with E-state index in [1.54, 1.807) is 6.92 Å². The van der Waals surface area contributed by atoms with E-state index in [4.69, 9.17) is 15.5 Å². The van der Waals surface area contributed by atoms with E-state index in [2.05, 4.69) is 0 Å². The number of rotatable bonds is 2. The second-order valence-electron chi connectivity index (χ2n) is 1.48. The quantitative estimate of drug-likeness (QED) is 0.610.